The molecule has 0 aromatic heterocycles. The van der Waals surface area contributed by atoms with E-state index in [2.05, 4.69) is 10.1 Å². The lowest BCUT2D eigenvalue weighted by molar-refractivity contribution is -0.140. The Morgan fingerprint density at radius 3 is 2.55 bits per heavy atom. The summed E-state index contributed by atoms with van der Waals surface area (Å²) in [7, 11) is 1.31. The Hall–Kier alpha value is -2.04. The molecule has 0 heterocycles. The summed E-state index contributed by atoms with van der Waals surface area (Å²) in [6.45, 7) is 0.196. The van der Waals surface area contributed by atoms with Crippen molar-refractivity contribution in [2.24, 2.45) is 0 Å². The fourth-order valence-electron chi connectivity index (χ4n) is 2.43. The van der Waals surface area contributed by atoms with Gasteiger partial charge < -0.3 is 15.2 Å². The maximum absolute atomic E-state index is 12.0. The van der Waals surface area contributed by atoms with E-state index in [-0.39, 0.29) is 36.2 Å². The number of methoxy groups -OCH3 is 1. The molecule has 0 radical (unpaired) electrons. The van der Waals surface area contributed by atoms with Crippen molar-refractivity contribution in [2.75, 3.05) is 13.7 Å². The molecule has 0 saturated heterocycles. The highest BCUT2D eigenvalue weighted by Crippen LogP contribution is 2.28. The number of phenolic OH excluding ortho intramolecular Hbond substituents is 1. The minimum absolute atomic E-state index is 0.00113. The van der Waals surface area contributed by atoms with Crippen LogP contribution in [0, 0.1) is 0 Å². The minimum atomic E-state index is -0.375. The first-order chi connectivity index (χ1) is 9.61. The summed E-state index contributed by atoms with van der Waals surface area (Å²) < 4.78 is 4.50. The van der Waals surface area contributed by atoms with Crippen LogP contribution in [0.15, 0.2) is 12.1 Å². The summed E-state index contributed by atoms with van der Waals surface area (Å²) in [5.41, 5.74) is 2.53. The maximum Gasteiger partial charge on any atom is 0.307 e. The largest absolute Gasteiger partial charge is 0.507 e. The predicted octanol–water partition coefficient (Wildman–Crippen LogP) is 1.56. The zero-order valence-electron chi connectivity index (χ0n) is 11.6. The summed E-state index contributed by atoms with van der Waals surface area (Å²) in [5.74, 6) is -0.735. The molecular weight excluding hydrogens is 258 g/mol. The summed E-state index contributed by atoms with van der Waals surface area (Å²) in [6.07, 6.45) is 4.25. The van der Waals surface area contributed by atoms with Crippen molar-refractivity contribution < 1.29 is 19.4 Å². The van der Waals surface area contributed by atoms with Gasteiger partial charge in [-0.3, -0.25) is 9.59 Å². The number of esters is 1. The van der Waals surface area contributed by atoms with Crippen molar-refractivity contribution in [3.05, 3.63) is 28.8 Å². The second kappa shape index (κ2) is 6.41. The Morgan fingerprint density at radius 2 is 1.90 bits per heavy atom. The predicted molar refractivity (Wildman–Crippen MR) is 73.7 cm³/mol. The van der Waals surface area contributed by atoms with Crippen molar-refractivity contribution >= 4 is 11.9 Å². The van der Waals surface area contributed by atoms with Gasteiger partial charge in [0.15, 0.2) is 0 Å². The molecule has 1 aliphatic rings. The number of amides is 1. The van der Waals surface area contributed by atoms with Gasteiger partial charge in [0.25, 0.3) is 5.91 Å². The Balaban J connectivity index is 2.04. The van der Waals surface area contributed by atoms with Gasteiger partial charge in [-0.1, -0.05) is 0 Å². The van der Waals surface area contributed by atoms with E-state index in [1.54, 1.807) is 12.1 Å². The topological polar surface area (TPSA) is 75.6 Å². The Morgan fingerprint density at radius 1 is 1.25 bits per heavy atom. The fraction of sp³-hybridized carbons (Fsp3) is 0.467. The third kappa shape index (κ3) is 3.29. The fourth-order valence-corrected chi connectivity index (χ4v) is 2.43. The Bertz CT molecular complexity index is 525. The number of carbonyl (C=O) groups is 2. The van der Waals surface area contributed by atoms with Gasteiger partial charge >= 0.3 is 5.97 Å². The number of ether oxygens (including phenoxy) is 1. The number of benzene rings is 1. The number of phenols is 1. The normalized spacial score (nSPS) is 13.4. The molecule has 1 amide bonds. The average Bonchev–Trinajstić information content (AvgIpc) is 2.46. The van der Waals surface area contributed by atoms with Crippen LogP contribution in [-0.4, -0.2) is 30.6 Å². The smallest absolute Gasteiger partial charge is 0.307 e. The van der Waals surface area contributed by atoms with E-state index in [9.17, 15) is 14.7 Å². The molecule has 0 saturated carbocycles. The lowest BCUT2D eigenvalue weighted by atomic mass is 9.90. The number of aryl methyl sites for hydroxylation is 2. The highest BCUT2D eigenvalue weighted by Gasteiger charge is 2.17. The molecule has 1 aromatic carbocycles. The molecule has 2 rings (SSSR count). The van der Waals surface area contributed by atoms with Crippen molar-refractivity contribution in [2.45, 2.75) is 32.1 Å². The van der Waals surface area contributed by atoms with Gasteiger partial charge in [0.2, 0.25) is 0 Å². The lowest BCUT2D eigenvalue weighted by Gasteiger charge is -2.17. The van der Waals surface area contributed by atoms with Crippen LogP contribution < -0.4 is 5.32 Å². The number of hydrogen-bond donors (Lipinski definition) is 2. The average molecular weight is 277 g/mol. The van der Waals surface area contributed by atoms with Crippen LogP contribution >= 0.6 is 0 Å². The summed E-state index contributed by atoms with van der Waals surface area (Å²) in [5, 5.41) is 12.6. The van der Waals surface area contributed by atoms with E-state index in [0.717, 1.165) is 36.8 Å². The zero-order chi connectivity index (χ0) is 14.5. The molecule has 5 heteroatoms. The van der Waals surface area contributed by atoms with Crippen molar-refractivity contribution in [3.63, 3.8) is 0 Å². The summed E-state index contributed by atoms with van der Waals surface area (Å²) in [4.78, 5) is 23.0. The second-order valence-corrected chi connectivity index (χ2v) is 4.93. The molecule has 1 aromatic rings. The number of aromatic hydroxyl groups is 1. The van der Waals surface area contributed by atoms with Gasteiger partial charge in [0.05, 0.1) is 19.1 Å². The molecular formula is C15H19NO4. The van der Waals surface area contributed by atoms with Crippen molar-refractivity contribution in [1.29, 1.82) is 0 Å². The van der Waals surface area contributed by atoms with Crippen LogP contribution in [0.3, 0.4) is 0 Å². The van der Waals surface area contributed by atoms with E-state index in [0.29, 0.717) is 0 Å². The van der Waals surface area contributed by atoms with Gasteiger partial charge in [-0.15, -0.1) is 0 Å². The van der Waals surface area contributed by atoms with Crippen molar-refractivity contribution in [3.8, 4) is 5.75 Å². The molecule has 0 bridgehead atoms. The van der Waals surface area contributed by atoms with Crippen LogP contribution in [-0.2, 0) is 22.4 Å². The van der Waals surface area contributed by atoms with Crippen LogP contribution in [0.25, 0.3) is 0 Å². The van der Waals surface area contributed by atoms with E-state index in [1.807, 2.05) is 0 Å². The van der Waals surface area contributed by atoms with Crippen LogP contribution in [0.5, 0.6) is 5.75 Å². The number of carbonyl (C=O) groups excluding carboxylic acids is 2. The van der Waals surface area contributed by atoms with E-state index >= 15 is 0 Å². The van der Waals surface area contributed by atoms with Gasteiger partial charge in [-0.25, -0.2) is 0 Å². The van der Waals surface area contributed by atoms with E-state index in [4.69, 9.17) is 0 Å². The van der Waals surface area contributed by atoms with E-state index in [1.165, 1.54) is 7.11 Å². The molecule has 0 fully saturated rings. The van der Waals surface area contributed by atoms with Gasteiger partial charge in [-0.2, -0.15) is 0 Å². The van der Waals surface area contributed by atoms with Crippen molar-refractivity contribution in [1.82, 2.24) is 5.32 Å². The number of rotatable bonds is 4. The molecule has 0 aliphatic heterocycles. The minimum Gasteiger partial charge on any atom is -0.507 e. The third-order valence-electron chi connectivity index (χ3n) is 3.55. The standard InChI is InChI=1S/C15H19NO4/c1-20-14(18)6-7-16-15(19)12-8-10-4-2-3-5-11(10)9-13(12)17/h8-9,17H,2-7H2,1H3,(H,16,19). The molecule has 0 spiro atoms. The quantitative estimate of drug-likeness (QED) is 0.819. The third-order valence-corrected chi connectivity index (χ3v) is 3.55. The van der Waals surface area contributed by atoms with Gasteiger partial charge in [-0.05, 0) is 48.9 Å². The maximum atomic E-state index is 12.0. The zero-order valence-corrected chi connectivity index (χ0v) is 11.6. The first-order valence-electron chi connectivity index (χ1n) is 6.81. The van der Waals surface area contributed by atoms with E-state index < -0.39 is 0 Å². The first-order valence-corrected chi connectivity index (χ1v) is 6.81. The Labute approximate surface area is 117 Å². The molecule has 0 unspecified atom stereocenters. The SMILES string of the molecule is COC(=O)CCNC(=O)c1cc2c(cc1O)CCCC2. The molecule has 2 N–H and O–H groups in total. The van der Waals surface area contributed by atoms with Gasteiger partial charge in [0.1, 0.15) is 5.75 Å². The lowest BCUT2D eigenvalue weighted by Crippen LogP contribution is -2.26. The van der Waals surface area contributed by atoms with Gasteiger partial charge in [0, 0.05) is 6.54 Å². The highest BCUT2D eigenvalue weighted by atomic mass is 16.5. The molecule has 108 valence electrons. The van der Waals surface area contributed by atoms with Crippen LogP contribution in [0.4, 0.5) is 0 Å². The summed E-state index contributed by atoms with van der Waals surface area (Å²) >= 11 is 0. The molecule has 1 aliphatic carbocycles. The Kier molecular flexibility index (Phi) is 4.61. The van der Waals surface area contributed by atoms with Crippen LogP contribution in [0.1, 0.15) is 40.7 Å². The summed E-state index contributed by atoms with van der Waals surface area (Å²) in [6, 6.07) is 3.45. The highest BCUT2D eigenvalue weighted by molar-refractivity contribution is 5.97. The molecule has 20 heavy (non-hydrogen) atoms. The molecule has 5 nitrogen and oxygen atoms in total. The van der Waals surface area contributed by atoms with Crippen LogP contribution in [0.2, 0.25) is 0 Å². The second-order valence-electron chi connectivity index (χ2n) is 4.93. The number of fused-ring (bicyclic) bond motifs is 1. The first kappa shape index (κ1) is 14.4. The number of nitrogens with one attached hydrogen (secondary N) is 1. The number of hydrogen-bond acceptors (Lipinski definition) is 4. The monoisotopic (exact) mass is 277 g/mol. The molecule has 0 atom stereocenters.